The minimum Gasteiger partial charge on any atom is -0.412 e. The Balaban J connectivity index is 0. The quantitative estimate of drug-likeness (QED) is 0.434. The van der Waals surface area contributed by atoms with Crippen molar-refractivity contribution in [2.24, 2.45) is 0 Å². The van der Waals surface area contributed by atoms with Gasteiger partial charge in [-0.15, -0.1) is 0 Å². The van der Waals surface area contributed by atoms with Crippen molar-refractivity contribution in [3.63, 3.8) is 0 Å². The second-order valence-corrected chi connectivity index (χ2v) is 4.86. The third-order valence-electron chi connectivity index (χ3n) is 3.50. The standard InChI is InChI=1S/C13H17N4O2.H2O.2W.Y/c1-8-12-13(15-7-14-8)17(9(2)16-12)11-5-4-10(19-11)6-18-3;;;;/h10-11H,4-6H2,1-3H3;1H2;;;/q-1;;;;/t10-,11+;;;;/m0..../s1. The van der Waals surface area contributed by atoms with Crippen LogP contribution in [0.2, 0.25) is 0 Å². The zero-order chi connectivity index (χ0) is 13.4. The zero-order valence-electron chi connectivity index (χ0n) is 13.3. The van der Waals surface area contributed by atoms with Crippen LogP contribution in [0.4, 0.5) is 0 Å². The molecule has 1 fully saturated rings. The third kappa shape index (κ3) is 5.44. The van der Waals surface area contributed by atoms with Crippen LogP contribution in [0.1, 0.15) is 30.6 Å². The predicted octanol–water partition coefficient (Wildman–Crippen LogP) is 0.735. The average Bonchev–Trinajstić information content (AvgIpc) is 2.94. The van der Waals surface area contributed by atoms with Gasteiger partial charge in [0.05, 0.1) is 24.2 Å². The summed E-state index contributed by atoms with van der Waals surface area (Å²) in [6.45, 7) is 4.51. The van der Waals surface area contributed by atoms with Crippen molar-refractivity contribution in [2.45, 2.75) is 39.0 Å². The molecule has 1 saturated heterocycles. The molecule has 7 nitrogen and oxygen atoms in total. The molecule has 10 heteroatoms. The van der Waals surface area contributed by atoms with Crippen LogP contribution in [0.25, 0.3) is 11.2 Å². The maximum absolute atomic E-state index is 6.00. The second-order valence-electron chi connectivity index (χ2n) is 4.86. The number of aryl methyl sites for hydroxylation is 2. The molecule has 125 valence electrons. The molecular formula is C13H19N4O3W2Y-. The molecule has 2 atom stereocenters. The van der Waals surface area contributed by atoms with E-state index in [1.165, 1.54) is 0 Å². The first-order valence-electron chi connectivity index (χ1n) is 6.44. The van der Waals surface area contributed by atoms with Gasteiger partial charge in [0.2, 0.25) is 0 Å². The molecule has 0 saturated carbocycles. The van der Waals surface area contributed by atoms with E-state index in [2.05, 4.69) is 21.3 Å². The second kappa shape index (κ2) is 11.5. The summed E-state index contributed by atoms with van der Waals surface area (Å²) in [7, 11) is 1.69. The smallest absolute Gasteiger partial charge is 0.126 e. The Morgan fingerprint density at radius 2 is 1.96 bits per heavy atom. The maximum Gasteiger partial charge on any atom is 0.126 e. The van der Waals surface area contributed by atoms with Crippen LogP contribution in [0.5, 0.6) is 0 Å². The maximum atomic E-state index is 6.00. The summed E-state index contributed by atoms with van der Waals surface area (Å²) < 4.78 is 13.2. The van der Waals surface area contributed by atoms with Crippen molar-refractivity contribution in [3.05, 3.63) is 17.8 Å². The molecule has 23 heavy (non-hydrogen) atoms. The van der Waals surface area contributed by atoms with E-state index < -0.39 is 0 Å². The average molecular weight is 736 g/mol. The van der Waals surface area contributed by atoms with Crippen LogP contribution in [-0.2, 0) is 84.3 Å². The van der Waals surface area contributed by atoms with Crippen molar-refractivity contribution < 1.29 is 89.8 Å². The molecule has 0 spiro atoms. The van der Waals surface area contributed by atoms with Gasteiger partial charge in [0.1, 0.15) is 6.23 Å². The fraction of sp³-hybridized carbons (Fsp3) is 0.615. The van der Waals surface area contributed by atoms with E-state index in [4.69, 9.17) is 9.47 Å². The van der Waals surface area contributed by atoms with Crippen molar-refractivity contribution >= 4 is 11.2 Å². The molecule has 1 radical (unpaired) electrons. The minimum atomic E-state index is -0.0205. The summed E-state index contributed by atoms with van der Waals surface area (Å²) in [4.78, 5) is 12.8. The van der Waals surface area contributed by atoms with Gasteiger partial charge in [-0.2, -0.15) is 0 Å². The van der Waals surface area contributed by atoms with E-state index in [0.29, 0.717) is 6.61 Å². The zero-order valence-corrected chi connectivity index (χ0v) is 22.0. The molecule has 0 aromatic carbocycles. The number of methoxy groups -OCH3 is 1. The number of fused-ring (bicyclic) bond motifs is 1. The first-order valence-corrected chi connectivity index (χ1v) is 6.44. The van der Waals surface area contributed by atoms with Gasteiger partial charge < -0.3 is 29.5 Å². The van der Waals surface area contributed by atoms with Crippen LogP contribution < -0.4 is 0 Å². The SMILES string of the molecule is COC[C@@H]1CC[C@H](n2c(C)nc3c(C)n[c-]nc32)O1.O.[W].[W].[Y]. The molecule has 1 aliphatic rings. The number of ether oxygens (including phenoxy) is 2. The number of hydrogen-bond acceptors (Lipinski definition) is 5. The summed E-state index contributed by atoms with van der Waals surface area (Å²) in [5.41, 5.74) is 2.47. The molecule has 3 rings (SSSR count). The fourth-order valence-electron chi connectivity index (χ4n) is 2.61. The summed E-state index contributed by atoms with van der Waals surface area (Å²) >= 11 is 0. The monoisotopic (exact) mass is 736 g/mol. The first kappa shape index (κ1) is 26.1. The van der Waals surface area contributed by atoms with Crippen molar-refractivity contribution in [2.75, 3.05) is 13.7 Å². The molecule has 2 aromatic heterocycles. The Hall–Kier alpha value is 0.911. The molecule has 0 aliphatic carbocycles. The normalized spacial score (nSPS) is 19.3. The van der Waals surface area contributed by atoms with Gasteiger partial charge in [-0.1, -0.05) is 6.92 Å². The Labute approximate surface area is 189 Å². The van der Waals surface area contributed by atoms with Crippen molar-refractivity contribution in [3.8, 4) is 0 Å². The van der Waals surface area contributed by atoms with E-state index in [9.17, 15) is 0 Å². The van der Waals surface area contributed by atoms with Crippen LogP contribution in [0.3, 0.4) is 0 Å². The van der Waals surface area contributed by atoms with Gasteiger partial charge in [0, 0.05) is 93.8 Å². The van der Waals surface area contributed by atoms with E-state index in [0.717, 1.165) is 35.5 Å². The van der Waals surface area contributed by atoms with E-state index in [1.54, 1.807) is 7.11 Å². The Morgan fingerprint density at radius 1 is 1.26 bits per heavy atom. The van der Waals surface area contributed by atoms with Gasteiger partial charge >= 0.3 is 0 Å². The van der Waals surface area contributed by atoms with Crippen molar-refractivity contribution in [1.29, 1.82) is 0 Å². The van der Waals surface area contributed by atoms with Gasteiger partial charge in [0.15, 0.2) is 0 Å². The Bertz CT molecular complexity index is 614. The summed E-state index contributed by atoms with van der Waals surface area (Å²) in [5.74, 6) is 0.898. The van der Waals surface area contributed by atoms with Crippen molar-refractivity contribution in [1.82, 2.24) is 19.5 Å². The number of aromatic nitrogens is 4. The van der Waals surface area contributed by atoms with E-state index >= 15 is 0 Å². The molecule has 1 aliphatic heterocycles. The van der Waals surface area contributed by atoms with Crippen LogP contribution >= 0.6 is 0 Å². The predicted molar refractivity (Wildman–Crippen MR) is 72.3 cm³/mol. The van der Waals surface area contributed by atoms with Crippen LogP contribution in [0.15, 0.2) is 0 Å². The number of hydrogen-bond donors (Lipinski definition) is 0. The van der Waals surface area contributed by atoms with Gasteiger partial charge in [0.25, 0.3) is 0 Å². The molecule has 0 unspecified atom stereocenters. The topological polar surface area (TPSA) is 93.6 Å². The number of rotatable bonds is 3. The van der Waals surface area contributed by atoms with E-state index in [1.807, 2.05) is 18.4 Å². The van der Waals surface area contributed by atoms with E-state index in [-0.39, 0.29) is 92.6 Å². The summed E-state index contributed by atoms with van der Waals surface area (Å²) in [5, 5.41) is 0. The Morgan fingerprint density at radius 3 is 2.61 bits per heavy atom. The van der Waals surface area contributed by atoms with Crippen LogP contribution in [-0.4, -0.2) is 44.8 Å². The third-order valence-corrected chi connectivity index (χ3v) is 3.50. The van der Waals surface area contributed by atoms with Gasteiger partial charge in [-0.3, -0.25) is 4.98 Å². The molecule has 0 amide bonds. The van der Waals surface area contributed by atoms with Crippen LogP contribution in [0, 0.1) is 20.2 Å². The minimum absolute atomic E-state index is 0. The molecule has 2 N–H and O–H groups in total. The molecule has 2 aromatic rings. The Kier molecular flexibility index (Phi) is 13.1. The molecular weight excluding hydrogens is 717 g/mol. The summed E-state index contributed by atoms with van der Waals surface area (Å²) in [6.07, 6.45) is 4.75. The first-order chi connectivity index (χ1) is 9.20. The number of imidazole rings is 1. The fourth-order valence-corrected chi connectivity index (χ4v) is 2.61. The summed E-state index contributed by atoms with van der Waals surface area (Å²) in [6, 6.07) is 0. The molecule has 3 heterocycles. The molecule has 0 bridgehead atoms. The largest absolute Gasteiger partial charge is 0.412 e. The van der Waals surface area contributed by atoms with Gasteiger partial charge in [-0.05, 0) is 25.5 Å². The number of nitrogens with zero attached hydrogens (tertiary/aromatic N) is 4. The van der Waals surface area contributed by atoms with Gasteiger partial charge in [-0.25, -0.2) is 0 Å².